The Hall–Kier alpha value is -2.88. The van der Waals surface area contributed by atoms with Crippen molar-refractivity contribution < 1.29 is 22.4 Å². The molecule has 0 unspecified atom stereocenters. The lowest BCUT2D eigenvalue weighted by molar-refractivity contribution is -0.118. The summed E-state index contributed by atoms with van der Waals surface area (Å²) in [5.41, 5.74) is 2.03. The molecular weight excluding hydrogens is 432 g/mol. The summed E-state index contributed by atoms with van der Waals surface area (Å²) >= 11 is 6.30. The highest BCUT2D eigenvalue weighted by atomic mass is 35.5. The fraction of sp³-hybridized carbons (Fsp3) is 0.200. The normalized spacial score (nSPS) is 13.3. The van der Waals surface area contributed by atoms with Gasteiger partial charge in [0.2, 0.25) is 10.0 Å². The standard InChI is InChI=1S/C20H17ClN2O6S/c21-16-8-15-13-2-1-3-14(13)20(25)29-17(15)9-18(16)28-10-19(24)23-11-4-6-12(7-5-11)30(22,26)27/h4-9H,1-3,10H2,(H,23,24)(H2,22,26,27). The largest absolute Gasteiger partial charge is 0.482 e. The molecule has 1 amide bonds. The Morgan fingerprint density at radius 2 is 1.87 bits per heavy atom. The Balaban J connectivity index is 1.48. The molecule has 1 aliphatic carbocycles. The molecule has 2 aromatic carbocycles. The summed E-state index contributed by atoms with van der Waals surface area (Å²) < 4.78 is 33.4. The van der Waals surface area contributed by atoms with Crippen LogP contribution in [-0.4, -0.2) is 20.9 Å². The smallest absolute Gasteiger partial charge is 0.339 e. The first-order valence-corrected chi connectivity index (χ1v) is 11.0. The van der Waals surface area contributed by atoms with Crippen LogP contribution in [0.15, 0.2) is 50.5 Å². The molecule has 30 heavy (non-hydrogen) atoms. The quantitative estimate of drug-likeness (QED) is 0.577. The number of anilines is 1. The van der Waals surface area contributed by atoms with Gasteiger partial charge >= 0.3 is 5.63 Å². The Labute approximate surface area is 176 Å². The zero-order chi connectivity index (χ0) is 21.5. The number of carbonyl (C=O) groups is 1. The third-order valence-electron chi connectivity index (χ3n) is 4.85. The predicted molar refractivity (Wildman–Crippen MR) is 111 cm³/mol. The third kappa shape index (κ3) is 4.04. The summed E-state index contributed by atoms with van der Waals surface area (Å²) in [7, 11) is -3.81. The molecule has 0 aliphatic heterocycles. The highest BCUT2D eigenvalue weighted by Gasteiger charge is 2.21. The second-order valence-corrected chi connectivity index (χ2v) is 8.85. The maximum absolute atomic E-state index is 12.2. The summed E-state index contributed by atoms with van der Waals surface area (Å²) in [4.78, 5) is 24.2. The summed E-state index contributed by atoms with van der Waals surface area (Å²) in [6.07, 6.45) is 2.38. The molecule has 0 spiro atoms. The van der Waals surface area contributed by atoms with Crippen LogP contribution in [0.1, 0.15) is 17.5 Å². The molecule has 0 atom stereocenters. The van der Waals surface area contributed by atoms with Crippen LogP contribution in [0.3, 0.4) is 0 Å². The fourth-order valence-corrected chi connectivity index (χ4v) is 4.20. The van der Waals surface area contributed by atoms with Gasteiger partial charge in [0.15, 0.2) is 6.61 Å². The first-order chi connectivity index (χ1) is 14.2. The first kappa shape index (κ1) is 20.4. The van der Waals surface area contributed by atoms with Crippen molar-refractivity contribution >= 4 is 44.2 Å². The van der Waals surface area contributed by atoms with Crippen molar-refractivity contribution in [2.75, 3.05) is 11.9 Å². The number of ether oxygens (including phenoxy) is 1. The van der Waals surface area contributed by atoms with E-state index in [-0.39, 0.29) is 22.9 Å². The van der Waals surface area contributed by atoms with Crippen molar-refractivity contribution in [2.24, 2.45) is 5.14 Å². The van der Waals surface area contributed by atoms with Crippen LogP contribution in [0, 0.1) is 0 Å². The number of nitrogens with two attached hydrogens (primary N) is 1. The number of hydrogen-bond acceptors (Lipinski definition) is 6. The number of primary sulfonamides is 1. The van der Waals surface area contributed by atoms with Gasteiger partial charge in [-0.2, -0.15) is 0 Å². The SMILES string of the molecule is NS(=O)(=O)c1ccc(NC(=O)COc2cc3oc(=O)c4c(c3cc2Cl)CCC4)cc1. The third-order valence-corrected chi connectivity index (χ3v) is 6.08. The van der Waals surface area contributed by atoms with Gasteiger partial charge in [-0.05, 0) is 55.2 Å². The van der Waals surface area contributed by atoms with Crippen LogP contribution in [0.4, 0.5) is 5.69 Å². The molecule has 156 valence electrons. The maximum Gasteiger partial charge on any atom is 0.339 e. The molecule has 8 nitrogen and oxygen atoms in total. The van der Waals surface area contributed by atoms with Crippen LogP contribution in [-0.2, 0) is 27.7 Å². The average molecular weight is 449 g/mol. The van der Waals surface area contributed by atoms with E-state index in [9.17, 15) is 18.0 Å². The van der Waals surface area contributed by atoms with Crippen LogP contribution in [0.2, 0.25) is 5.02 Å². The van der Waals surface area contributed by atoms with E-state index < -0.39 is 15.9 Å². The van der Waals surface area contributed by atoms with E-state index >= 15 is 0 Å². The minimum atomic E-state index is -3.81. The molecule has 4 rings (SSSR count). The Morgan fingerprint density at radius 1 is 1.17 bits per heavy atom. The van der Waals surface area contributed by atoms with Crippen molar-refractivity contribution in [1.82, 2.24) is 0 Å². The number of hydrogen-bond donors (Lipinski definition) is 2. The van der Waals surface area contributed by atoms with E-state index in [0.29, 0.717) is 28.3 Å². The van der Waals surface area contributed by atoms with E-state index in [1.807, 2.05) is 0 Å². The number of carbonyl (C=O) groups excluding carboxylic acids is 1. The lowest BCUT2D eigenvalue weighted by Crippen LogP contribution is -2.20. The van der Waals surface area contributed by atoms with Gasteiger partial charge in [-0.3, -0.25) is 4.79 Å². The molecular formula is C20H17ClN2O6S. The summed E-state index contributed by atoms with van der Waals surface area (Å²) in [5, 5.41) is 8.69. The minimum Gasteiger partial charge on any atom is -0.482 e. The van der Waals surface area contributed by atoms with E-state index in [1.54, 1.807) is 6.07 Å². The van der Waals surface area contributed by atoms with E-state index in [4.69, 9.17) is 25.9 Å². The van der Waals surface area contributed by atoms with Gasteiger partial charge in [0, 0.05) is 22.7 Å². The number of aryl methyl sites for hydroxylation is 1. The molecule has 10 heteroatoms. The van der Waals surface area contributed by atoms with Crippen molar-refractivity contribution in [3.8, 4) is 5.75 Å². The molecule has 0 saturated carbocycles. The molecule has 1 aromatic heterocycles. The van der Waals surface area contributed by atoms with Crippen LogP contribution in [0.25, 0.3) is 11.0 Å². The molecule has 0 saturated heterocycles. The van der Waals surface area contributed by atoms with Gasteiger partial charge in [-0.25, -0.2) is 18.4 Å². The number of halogens is 1. The zero-order valence-electron chi connectivity index (χ0n) is 15.6. The average Bonchev–Trinajstić information content (AvgIpc) is 3.18. The zero-order valence-corrected chi connectivity index (χ0v) is 17.2. The minimum absolute atomic E-state index is 0.0623. The van der Waals surface area contributed by atoms with Crippen molar-refractivity contribution in [3.63, 3.8) is 0 Å². The fourth-order valence-electron chi connectivity index (χ4n) is 3.46. The number of amides is 1. The molecule has 1 heterocycles. The lowest BCUT2D eigenvalue weighted by atomic mass is 10.1. The first-order valence-electron chi connectivity index (χ1n) is 9.06. The monoisotopic (exact) mass is 448 g/mol. The van der Waals surface area contributed by atoms with Gasteiger partial charge in [0.25, 0.3) is 5.91 Å². The topological polar surface area (TPSA) is 129 Å². The van der Waals surface area contributed by atoms with Gasteiger partial charge in [-0.1, -0.05) is 11.6 Å². The van der Waals surface area contributed by atoms with Gasteiger partial charge in [0.1, 0.15) is 11.3 Å². The van der Waals surface area contributed by atoms with Crippen molar-refractivity contribution in [2.45, 2.75) is 24.2 Å². The van der Waals surface area contributed by atoms with E-state index in [0.717, 1.165) is 23.8 Å². The number of sulfonamides is 1. The summed E-state index contributed by atoms with van der Waals surface area (Å²) in [6, 6.07) is 8.58. The van der Waals surface area contributed by atoms with Crippen molar-refractivity contribution in [3.05, 3.63) is 63.0 Å². The van der Waals surface area contributed by atoms with E-state index in [1.165, 1.54) is 30.3 Å². The van der Waals surface area contributed by atoms with E-state index in [2.05, 4.69) is 5.32 Å². The molecule has 0 bridgehead atoms. The number of nitrogens with one attached hydrogen (secondary N) is 1. The summed E-state index contributed by atoms with van der Waals surface area (Å²) in [6.45, 7) is -0.350. The molecule has 3 N–H and O–H groups in total. The Bertz CT molecular complexity index is 1320. The molecule has 0 fully saturated rings. The van der Waals surface area contributed by atoms with Gasteiger partial charge in [-0.15, -0.1) is 0 Å². The second kappa shape index (κ2) is 7.75. The second-order valence-electron chi connectivity index (χ2n) is 6.89. The lowest BCUT2D eigenvalue weighted by Gasteiger charge is -2.11. The predicted octanol–water partition coefficient (Wildman–Crippen LogP) is 2.60. The Morgan fingerprint density at radius 3 is 2.57 bits per heavy atom. The van der Waals surface area contributed by atoms with Gasteiger partial charge in [0.05, 0.1) is 9.92 Å². The Kier molecular flexibility index (Phi) is 5.27. The van der Waals surface area contributed by atoms with Crippen molar-refractivity contribution in [1.29, 1.82) is 0 Å². The number of benzene rings is 2. The highest BCUT2D eigenvalue weighted by molar-refractivity contribution is 7.89. The maximum atomic E-state index is 12.2. The molecule has 1 aliphatic rings. The van der Waals surface area contributed by atoms with Gasteiger partial charge < -0.3 is 14.5 Å². The molecule has 3 aromatic rings. The molecule has 0 radical (unpaired) electrons. The number of rotatable bonds is 5. The number of fused-ring (bicyclic) bond motifs is 3. The summed E-state index contributed by atoms with van der Waals surface area (Å²) in [5.74, 6) is -0.269. The van der Waals surface area contributed by atoms with Crippen LogP contribution >= 0.6 is 11.6 Å². The van der Waals surface area contributed by atoms with Crippen LogP contribution < -0.4 is 20.8 Å². The highest BCUT2D eigenvalue weighted by Crippen LogP contribution is 2.34. The van der Waals surface area contributed by atoms with Crippen LogP contribution in [0.5, 0.6) is 5.75 Å².